The molecular formula is C7H13BrO3. The summed E-state index contributed by atoms with van der Waals surface area (Å²) < 4.78 is 4.70. The maximum Gasteiger partial charge on any atom is 0.334 e. The Kier molecular flexibility index (Phi) is 6.56. The highest BCUT2D eigenvalue weighted by atomic mass is 79.9. The maximum atomic E-state index is 10.8. The molecule has 1 atom stereocenters. The summed E-state index contributed by atoms with van der Waals surface area (Å²) >= 11 is 3.12. The van der Waals surface area contributed by atoms with Gasteiger partial charge in [-0.3, -0.25) is 0 Å². The molecule has 0 bridgehead atoms. The predicted molar refractivity (Wildman–Crippen MR) is 45.7 cm³/mol. The van der Waals surface area contributed by atoms with Crippen LogP contribution in [-0.2, 0) is 9.53 Å². The van der Waals surface area contributed by atoms with Crippen molar-refractivity contribution in [2.24, 2.45) is 0 Å². The number of halogens is 1. The van der Waals surface area contributed by atoms with Gasteiger partial charge in [-0.05, 0) is 12.8 Å². The molecule has 0 aromatic carbocycles. The lowest BCUT2D eigenvalue weighted by Gasteiger charge is -2.07. The van der Waals surface area contributed by atoms with E-state index < -0.39 is 12.1 Å². The Morgan fingerprint density at radius 3 is 2.82 bits per heavy atom. The normalized spacial score (nSPS) is 12.6. The van der Waals surface area contributed by atoms with Gasteiger partial charge in [-0.15, -0.1) is 0 Å². The molecule has 11 heavy (non-hydrogen) atoms. The molecule has 0 heterocycles. The van der Waals surface area contributed by atoms with Gasteiger partial charge in [-0.1, -0.05) is 22.9 Å². The van der Waals surface area contributed by atoms with E-state index in [0.29, 0.717) is 18.4 Å². The summed E-state index contributed by atoms with van der Waals surface area (Å²) in [6.07, 6.45) is 0.218. The number of hydrogen-bond donors (Lipinski definition) is 1. The van der Waals surface area contributed by atoms with Crippen molar-refractivity contribution < 1.29 is 14.6 Å². The van der Waals surface area contributed by atoms with E-state index >= 15 is 0 Å². The third-order valence-corrected chi connectivity index (χ3v) is 1.56. The standard InChI is InChI=1S/C7H13BrO3/c1-2-5-11-7(10)6(9)3-4-8/h6,9H,2-5H2,1H3/t6-/m1/s1. The van der Waals surface area contributed by atoms with Gasteiger partial charge in [-0.25, -0.2) is 4.79 Å². The van der Waals surface area contributed by atoms with E-state index in [9.17, 15) is 4.79 Å². The lowest BCUT2D eigenvalue weighted by atomic mass is 10.3. The van der Waals surface area contributed by atoms with Crippen LogP contribution in [0.1, 0.15) is 19.8 Å². The first-order chi connectivity index (χ1) is 5.22. The minimum Gasteiger partial charge on any atom is -0.464 e. The van der Waals surface area contributed by atoms with Crippen LogP contribution in [0.5, 0.6) is 0 Å². The lowest BCUT2D eigenvalue weighted by Crippen LogP contribution is -2.23. The molecule has 4 heteroatoms. The zero-order valence-corrected chi connectivity index (χ0v) is 8.13. The van der Waals surface area contributed by atoms with E-state index in [1.165, 1.54) is 0 Å². The van der Waals surface area contributed by atoms with Gasteiger partial charge in [0.1, 0.15) is 0 Å². The molecule has 0 saturated carbocycles. The van der Waals surface area contributed by atoms with Crippen molar-refractivity contribution in [1.29, 1.82) is 0 Å². The summed E-state index contributed by atoms with van der Waals surface area (Å²) in [6.45, 7) is 2.29. The van der Waals surface area contributed by atoms with Crippen LogP contribution in [-0.4, -0.2) is 29.1 Å². The SMILES string of the molecule is CCCOC(=O)[C@H](O)CCBr. The highest BCUT2D eigenvalue weighted by molar-refractivity contribution is 9.09. The van der Waals surface area contributed by atoms with Crippen LogP contribution >= 0.6 is 15.9 Å². The highest BCUT2D eigenvalue weighted by Gasteiger charge is 2.14. The van der Waals surface area contributed by atoms with Crippen molar-refractivity contribution in [2.45, 2.75) is 25.9 Å². The van der Waals surface area contributed by atoms with E-state index in [-0.39, 0.29) is 0 Å². The second-order valence-corrected chi connectivity index (χ2v) is 2.95. The molecule has 0 radical (unpaired) electrons. The average molecular weight is 225 g/mol. The van der Waals surface area contributed by atoms with Crippen LogP contribution < -0.4 is 0 Å². The average Bonchev–Trinajstić information content (AvgIpc) is 2.00. The number of rotatable bonds is 5. The van der Waals surface area contributed by atoms with Gasteiger partial charge in [0.15, 0.2) is 6.10 Å². The van der Waals surface area contributed by atoms with Crippen LogP contribution in [0.25, 0.3) is 0 Å². The first kappa shape index (κ1) is 10.9. The minimum atomic E-state index is -0.971. The predicted octanol–water partition coefficient (Wildman–Crippen LogP) is 1.09. The Morgan fingerprint density at radius 1 is 1.73 bits per heavy atom. The summed E-state index contributed by atoms with van der Waals surface area (Å²) in [4.78, 5) is 10.8. The largest absolute Gasteiger partial charge is 0.464 e. The summed E-state index contributed by atoms with van der Waals surface area (Å²) in [7, 11) is 0. The Hall–Kier alpha value is -0.0900. The summed E-state index contributed by atoms with van der Waals surface area (Å²) in [5.74, 6) is -0.522. The summed E-state index contributed by atoms with van der Waals surface area (Å²) in [5.41, 5.74) is 0. The van der Waals surface area contributed by atoms with Crippen molar-refractivity contribution in [1.82, 2.24) is 0 Å². The van der Waals surface area contributed by atoms with Gasteiger partial charge in [0, 0.05) is 5.33 Å². The molecular weight excluding hydrogens is 212 g/mol. The number of aliphatic hydroxyl groups is 1. The molecule has 0 unspecified atom stereocenters. The number of esters is 1. The van der Waals surface area contributed by atoms with E-state index in [0.717, 1.165) is 6.42 Å². The number of alkyl halides is 1. The fraction of sp³-hybridized carbons (Fsp3) is 0.857. The lowest BCUT2D eigenvalue weighted by molar-refractivity contribution is -0.153. The smallest absolute Gasteiger partial charge is 0.334 e. The molecule has 0 fully saturated rings. The van der Waals surface area contributed by atoms with Crippen molar-refractivity contribution in [3.63, 3.8) is 0 Å². The van der Waals surface area contributed by atoms with Crippen molar-refractivity contribution in [2.75, 3.05) is 11.9 Å². The summed E-state index contributed by atoms with van der Waals surface area (Å²) in [5, 5.41) is 9.65. The molecule has 0 rings (SSSR count). The third-order valence-electron chi connectivity index (χ3n) is 1.10. The van der Waals surface area contributed by atoms with Crippen molar-refractivity contribution >= 4 is 21.9 Å². The minimum absolute atomic E-state index is 0.387. The van der Waals surface area contributed by atoms with Gasteiger partial charge in [0.05, 0.1) is 6.61 Å². The number of carbonyl (C=O) groups is 1. The summed E-state index contributed by atoms with van der Waals surface area (Å²) in [6, 6.07) is 0. The zero-order valence-electron chi connectivity index (χ0n) is 6.55. The third kappa shape index (κ3) is 5.21. The molecule has 0 aliphatic heterocycles. The van der Waals surface area contributed by atoms with Crippen LogP contribution in [0.15, 0.2) is 0 Å². The first-order valence-corrected chi connectivity index (χ1v) is 4.75. The van der Waals surface area contributed by atoms with Crippen LogP contribution in [0.4, 0.5) is 0 Å². The number of aliphatic hydroxyl groups excluding tert-OH is 1. The second kappa shape index (κ2) is 6.61. The highest BCUT2D eigenvalue weighted by Crippen LogP contribution is 1.98. The fourth-order valence-corrected chi connectivity index (χ4v) is 0.954. The molecule has 0 saturated heterocycles. The Bertz CT molecular complexity index is 116. The number of carbonyl (C=O) groups excluding carboxylic acids is 1. The molecule has 0 aliphatic rings. The molecule has 3 nitrogen and oxygen atoms in total. The molecule has 66 valence electrons. The van der Waals surface area contributed by atoms with E-state index in [1.54, 1.807) is 0 Å². The van der Waals surface area contributed by atoms with Crippen LogP contribution in [0.3, 0.4) is 0 Å². The van der Waals surface area contributed by atoms with Gasteiger partial charge in [-0.2, -0.15) is 0 Å². The molecule has 0 aliphatic carbocycles. The van der Waals surface area contributed by atoms with E-state index in [1.807, 2.05) is 6.92 Å². The van der Waals surface area contributed by atoms with Crippen LogP contribution in [0.2, 0.25) is 0 Å². The molecule has 0 aromatic rings. The van der Waals surface area contributed by atoms with Gasteiger partial charge in [0.2, 0.25) is 0 Å². The molecule has 0 amide bonds. The van der Waals surface area contributed by atoms with Gasteiger partial charge in [0.25, 0.3) is 0 Å². The zero-order chi connectivity index (χ0) is 8.69. The van der Waals surface area contributed by atoms with E-state index in [4.69, 9.17) is 9.84 Å². The number of hydrogen-bond acceptors (Lipinski definition) is 3. The topological polar surface area (TPSA) is 46.5 Å². The monoisotopic (exact) mass is 224 g/mol. The maximum absolute atomic E-state index is 10.8. The molecule has 1 N–H and O–H groups in total. The molecule has 0 aromatic heterocycles. The van der Waals surface area contributed by atoms with Gasteiger partial charge >= 0.3 is 5.97 Å². The Balaban J connectivity index is 3.47. The fourth-order valence-electron chi connectivity index (χ4n) is 0.520. The van der Waals surface area contributed by atoms with Crippen LogP contribution in [0, 0.1) is 0 Å². The Labute approximate surface area is 74.9 Å². The quantitative estimate of drug-likeness (QED) is 0.562. The van der Waals surface area contributed by atoms with E-state index in [2.05, 4.69) is 15.9 Å². The van der Waals surface area contributed by atoms with Crippen molar-refractivity contribution in [3.8, 4) is 0 Å². The second-order valence-electron chi connectivity index (χ2n) is 2.16. The number of ether oxygens (including phenoxy) is 1. The van der Waals surface area contributed by atoms with Crippen molar-refractivity contribution in [3.05, 3.63) is 0 Å². The first-order valence-electron chi connectivity index (χ1n) is 3.63. The molecule has 0 spiro atoms. The Morgan fingerprint density at radius 2 is 2.36 bits per heavy atom. The van der Waals surface area contributed by atoms with Gasteiger partial charge < -0.3 is 9.84 Å².